The van der Waals surface area contributed by atoms with Crippen molar-refractivity contribution in [3.8, 4) is 0 Å². The predicted octanol–water partition coefficient (Wildman–Crippen LogP) is 5.14. The molecule has 1 atom stereocenters. The van der Waals surface area contributed by atoms with E-state index in [-0.39, 0.29) is 11.8 Å². The fraction of sp³-hybridized carbons (Fsp3) is 0.385. The second kappa shape index (κ2) is 9.79. The van der Waals surface area contributed by atoms with Gasteiger partial charge in [0.15, 0.2) is 0 Å². The molecule has 2 aromatic heterocycles. The average molecular weight is 480 g/mol. The molecule has 0 spiro atoms. The Morgan fingerprint density at radius 2 is 1.85 bits per heavy atom. The monoisotopic (exact) mass is 479 g/mol. The summed E-state index contributed by atoms with van der Waals surface area (Å²) in [5, 5.41) is 5.70. The van der Waals surface area contributed by atoms with E-state index in [4.69, 9.17) is 0 Å². The van der Waals surface area contributed by atoms with Gasteiger partial charge in [0.2, 0.25) is 0 Å². The van der Waals surface area contributed by atoms with Crippen LogP contribution in [0.15, 0.2) is 47.8 Å². The first-order chi connectivity index (χ1) is 16.1. The summed E-state index contributed by atoms with van der Waals surface area (Å²) in [6.45, 7) is 6.33. The molecule has 7 heteroatoms. The number of anilines is 1. The lowest BCUT2D eigenvalue weighted by Crippen LogP contribution is -2.48. The van der Waals surface area contributed by atoms with Gasteiger partial charge < -0.3 is 10.2 Å². The molecule has 2 amide bonds. The van der Waals surface area contributed by atoms with Crippen molar-refractivity contribution in [2.45, 2.75) is 32.7 Å². The minimum absolute atomic E-state index is 0.0721. The van der Waals surface area contributed by atoms with Gasteiger partial charge in [-0.2, -0.15) is 0 Å². The Balaban J connectivity index is 1.33. The molecule has 1 N–H and O–H groups in total. The standard InChI is InChI=1S/C26H29N3O2S2/c1-18-9-10-20-22(16-18)33-25(27-24(30)21-8-5-15-32-21)23(20)26(31)29-13-11-28(12-14-29)17-19-6-3-2-4-7-19/h2-8,15,18H,9-14,16-17H2,1H3,(H,27,30). The highest BCUT2D eigenvalue weighted by atomic mass is 32.1. The van der Waals surface area contributed by atoms with Gasteiger partial charge in [-0.25, -0.2) is 0 Å². The molecule has 3 heterocycles. The van der Waals surface area contributed by atoms with Crippen molar-refractivity contribution < 1.29 is 9.59 Å². The van der Waals surface area contributed by atoms with Gasteiger partial charge in [0, 0.05) is 37.6 Å². The van der Waals surface area contributed by atoms with E-state index in [1.807, 2.05) is 28.5 Å². The summed E-state index contributed by atoms with van der Waals surface area (Å²) in [4.78, 5) is 32.8. The lowest BCUT2D eigenvalue weighted by atomic mass is 9.88. The van der Waals surface area contributed by atoms with Gasteiger partial charge in [-0.3, -0.25) is 14.5 Å². The molecule has 1 unspecified atom stereocenters. The van der Waals surface area contributed by atoms with E-state index in [0.29, 0.717) is 23.9 Å². The number of benzene rings is 1. The molecule has 5 nitrogen and oxygen atoms in total. The van der Waals surface area contributed by atoms with Crippen LogP contribution in [0.25, 0.3) is 0 Å². The normalized spacial score (nSPS) is 18.7. The smallest absolute Gasteiger partial charge is 0.266 e. The van der Waals surface area contributed by atoms with Crippen molar-refractivity contribution in [2.75, 3.05) is 31.5 Å². The molecule has 1 aliphatic heterocycles. The van der Waals surface area contributed by atoms with Gasteiger partial charge in [0.05, 0.1) is 10.4 Å². The third-order valence-electron chi connectivity index (χ3n) is 6.61. The molecule has 0 saturated carbocycles. The average Bonchev–Trinajstić information content (AvgIpc) is 3.48. The molecule has 5 rings (SSSR count). The Bertz CT molecular complexity index is 1120. The highest BCUT2D eigenvalue weighted by molar-refractivity contribution is 7.17. The maximum Gasteiger partial charge on any atom is 0.266 e. The number of hydrogen-bond donors (Lipinski definition) is 1. The Morgan fingerprint density at radius 3 is 2.58 bits per heavy atom. The van der Waals surface area contributed by atoms with E-state index in [9.17, 15) is 9.59 Å². The lowest BCUT2D eigenvalue weighted by molar-refractivity contribution is 0.0628. The molecular formula is C26H29N3O2S2. The minimum Gasteiger partial charge on any atom is -0.336 e. The number of thiophene rings is 2. The lowest BCUT2D eigenvalue weighted by Gasteiger charge is -2.35. The number of nitrogens with zero attached hydrogens (tertiary/aromatic N) is 2. The Kier molecular flexibility index (Phi) is 6.62. The van der Waals surface area contributed by atoms with E-state index < -0.39 is 0 Å². The fourth-order valence-electron chi connectivity index (χ4n) is 4.75. The van der Waals surface area contributed by atoms with Crippen molar-refractivity contribution in [1.82, 2.24) is 9.80 Å². The molecule has 3 aromatic rings. The Morgan fingerprint density at radius 1 is 1.06 bits per heavy atom. The van der Waals surface area contributed by atoms with Crippen molar-refractivity contribution in [3.63, 3.8) is 0 Å². The van der Waals surface area contributed by atoms with Crippen LogP contribution in [-0.4, -0.2) is 47.8 Å². The first-order valence-corrected chi connectivity index (χ1v) is 13.3. The van der Waals surface area contributed by atoms with Crippen molar-refractivity contribution in [3.05, 3.63) is 74.3 Å². The van der Waals surface area contributed by atoms with Crippen molar-refractivity contribution >= 4 is 39.5 Å². The van der Waals surface area contributed by atoms with Gasteiger partial charge in [-0.15, -0.1) is 22.7 Å². The summed E-state index contributed by atoms with van der Waals surface area (Å²) in [6.07, 6.45) is 2.99. The van der Waals surface area contributed by atoms with Crippen LogP contribution in [0.4, 0.5) is 5.00 Å². The Hall–Kier alpha value is -2.48. The van der Waals surface area contributed by atoms with Crippen molar-refractivity contribution in [2.24, 2.45) is 5.92 Å². The van der Waals surface area contributed by atoms with E-state index in [0.717, 1.165) is 55.0 Å². The molecule has 1 aliphatic carbocycles. The van der Waals surface area contributed by atoms with Crippen LogP contribution in [0.1, 0.15) is 49.4 Å². The largest absolute Gasteiger partial charge is 0.336 e. The van der Waals surface area contributed by atoms with Gasteiger partial charge in [-0.1, -0.05) is 43.3 Å². The second-order valence-corrected chi connectivity index (χ2v) is 11.1. The summed E-state index contributed by atoms with van der Waals surface area (Å²) in [5.74, 6) is 0.558. The first kappa shape index (κ1) is 22.3. The van der Waals surface area contributed by atoms with Gasteiger partial charge in [0.1, 0.15) is 5.00 Å². The van der Waals surface area contributed by atoms with Crippen LogP contribution in [0.3, 0.4) is 0 Å². The number of carbonyl (C=O) groups excluding carboxylic acids is 2. The van der Waals surface area contributed by atoms with Gasteiger partial charge >= 0.3 is 0 Å². The van der Waals surface area contributed by atoms with Crippen LogP contribution >= 0.6 is 22.7 Å². The third kappa shape index (κ3) is 4.90. The Labute approximate surface area is 203 Å². The molecule has 172 valence electrons. The summed E-state index contributed by atoms with van der Waals surface area (Å²) in [7, 11) is 0. The zero-order chi connectivity index (χ0) is 22.8. The zero-order valence-corrected chi connectivity index (χ0v) is 20.5. The minimum atomic E-state index is -0.127. The molecule has 0 radical (unpaired) electrons. The van der Waals surface area contributed by atoms with Gasteiger partial charge in [0.25, 0.3) is 11.8 Å². The van der Waals surface area contributed by atoms with Crippen LogP contribution in [0.2, 0.25) is 0 Å². The number of carbonyl (C=O) groups is 2. The molecular weight excluding hydrogens is 450 g/mol. The van der Waals surface area contributed by atoms with Crippen LogP contribution in [0, 0.1) is 5.92 Å². The zero-order valence-electron chi connectivity index (χ0n) is 18.9. The number of fused-ring (bicyclic) bond motifs is 1. The highest BCUT2D eigenvalue weighted by Gasteiger charge is 2.32. The summed E-state index contributed by atoms with van der Waals surface area (Å²) < 4.78 is 0. The topological polar surface area (TPSA) is 52.7 Å². The third-order valence-corrected chi connectivity index (χ3v) is 8.64. The predicted molar refractivity (Wildman–Crippen MR) is 135 cm³/mol. The molecule has 1 saturated heterocycles. The maximum absolute atomic E-state index is 13.7. The number of hydrogen-bond acceptors (Lipinski definition) is 5. The molecule has 1 aromatic carbocycles. The second-order valence-electron chi connectivity index (χ2n) is 9.04. The van der Waals surface area contributed by atoms with E-state index in [2.05, 4.69) is 41.4 Å². The summed E-state index contributed by atoms with van der Waals surface area (Å²) in [5.41, 5.74) is 3.21. The van der Waals surface area contributed by atoms with Crippen LogP contribution < -0.4 is 5.32 Å². The summed E-state index contributed by atoms with van der Waals surface area (Å²) >= 11 is 3.02. The van der Waals surface area contributed by atoms with Crippen LogP contribution in [0.5, 0.6) is 0 Å². The molecule has 2 aliphatic rings. The maximum atomic E-state index is 13.7. The summed E-state index contributed by atoms with van der Waals surface area (Å²) in [6, 6.07) is 14.2. The number of piperazine rings is 1. The van der Waals surface area contributed by atoms with E-state index in [1.165, 1.54) is 21.8 Å². The van der Waals surface area contributed by atoms with Crippen LogP contribution in [-0.2, 0) is 19.4 Å². The van der Waals surface area contributed by atoms with Crippen molar-refractivity contribution in [1.29, 1.82) is 0 Å². The number of rotatable bonds is 5. The highest BCUT2D eigenvalue weighted by Crippen LogP contribution is 2.40. The molecule has 0 bridgehead atoms. The quantitative estimate of drug-likeness (QED) is 0.551. The number of amides is 2. The molecule has 1 fully saturated rings. The molecule has 33 heavy (non-hydrogen) atoms. The van der Waals surface area contributed by atoms with E-state index >= 15 is 0 Å². The SMILES string of the molecule is CC1CCc2c(sc(NC(=O)c3cccs3)c2C(=O)N2CCN(Cc3ccccc3)CC2)C1. The van der Waals surface area contributed by atoms with Gasteiger partial charge in [-0.05, 0) is 47.8 Å². The fourth-order valence-corrected chi connectivity index (χ4v) is 6.76. The van der Waals surface area contributed by atoms with E-state index in [1.54, 1.807) is 11.3 Å². The number of nitrogens with one attached hydrogen (secondary N) is 1. The first-order valence-electron chi connectivity index (χ1n) is 11.6.